The number of aryl methyl sites for hydroxylation is 1. The highest BCUT2D eigenvalue weighted by Crippen LogP contribution is 2.29. The first kappa shape index (κ1) is 10.1. The van der Waals surface area contributed by atoms with E-state index in [0.717, 1.165) is 18.5 Å². The Morgan fingerprint density at radius 2 is 2.00 bits per heavy atom. The summed E-state index contributed by atoms with van der Waals surface area (Å²) in [7, 11) is 0. The SMILES string of the molecule is Cc1ccc(C=O)c(=O)n1C1CCCC1. The largest absolute Gasteiger partial charge is 0.309 e. The molecule has 2 rings (SSSR count). The molecule has 0 aromatic carbocycles. The molecule has 0 radical (unpaired) electrons. The Kier molecular flexibility index (Phi) is 2.71. The van der Waals surface area contributed by atoms with Crippen molar-refractivity contribution in [2.75, 3.05) is 0 Å². The minimum absolute atomic E-state index is 0.128. The fourth-order valence-electron chi connectivity index (χ4n) is 2.37. The summed E-state index contributed by atoms with van der Waals surface area (Å²) in [5, 5.41) is 0. The van der Waals surface area contributed by atoms with E-state index in [2.05, 4.69) is 0 Å². The molecular weight excluding hydrogens is 190 g/mol. The monoisotopic (exact) mass is 205 g/mol. The topological polar surface area (TPSA) is 39.1 Å². The molecule has 3 nitrogen and oxygen atoms in total. The first-order valence-electron chi connectivity index (χ1n) is 5.41. The van der Waals surface area contributed by atoms with Crippen molar-refractivity contribution in [3.8, 4) is 0 Å². The van der Waals surface area contributed by atoms with Crippen LogP contribution in [-0.2, 0) is 0 Å². The molecule has 3 heteroatoms. The molecule has 0 saturated heterocycles. The molecule has 80 valence electrons. The molecule has 15 heavy (non-hydrogen) atoms. The molecule has 0 N–H and O–H groups in total. The van der Waals surface area contributed by atoms with E-state index in [1.54, 1.807) is 10.6 Å². The maximum atomic E-state index is 11.9. The van der Waals surface area contributed by atoms with Gasteiger partial charge in [0.15, 0.2) is 6.29 Å². The van der Waals surface area contributed by atoms with Crippen molar-refractivity contribution in [2.24, 2.45) is 0 Å². The Hall–Kier alpha value is -1.38. The molecule has 1 aromatic heterocycles. The maximum absolute atomic E-state index is 11.9. The Morgan fingerprint density at radius 3 is 2.60 bits per heavy atom. The summed E-state index contributed by atoms with van der Waals surface area (Å²) in [6, 6.07) is 3.76. The van der Waals surface area contributed by atoms with Crippen molar-refractivity contribution in [3.63, 3.8) is 0 Å². The highest BCUT2D eigenvalue weighted by molar-refractivity contribution is 5.73. The summed E-state index contributed by atoms with van der Waals surface area (Å²) in [5.74, 6) is 0. The Balaban J connectivity index is 2.52. The first-order valence-corrected chi connectivity index (χ1v) is 5.41. The van der Waals surface area contributed by atoms with Crippen LogP contribution in [0.5, 0.6) is 0 Å². The van der Waals surface area contributed by atoms with Gasteiger partial charge in [0, 0.05) is 11.7 Å². The predicted molar refractivity (Wildman–Crippen MR) is 58.3 cm³/mol. The Labute approximate surface area is 88.7 Å². The summed E-state index contributed by atoms with van der Waals surface area (Å²) in [6.07, 6.45) is 5.13. The average Bonchev–Trinajstić information content (AvgIpc) is 2.71. The van der Waals surface area contributed by atoms with Crippen LogP contribution in [0.4, 0.5) is 0 Å². The summed E-state index contributed by atoms with van der Waals surface area (Å²) in [5.41, 5.74) is 1.10. The second kappa shape index (κ2) is 4.01. The van der Waals surface area contributed by atoms with Crippen LogP contribution in [0, 0.1) is 6.92 Å². The third-order valence-corrected chi connectivity index (χ3v) is 3.17. The number of aldehydes is 1. The van der Waals surface area contributed by atoms with E-state index in [4.69, 9.17) is 0 Å². The van der Waals surface area contributed by atoms with Crippen LogP contribution < -0.4 is 5.56 Å². The predicted octanol–water partition coefficient (Wildman–Crippen LogP) is 2.08. The zero-order valence-electron chi connectivity index (χ0n) is 8.90. The first-order chi connectivity index (χ1) is 7.24. The third-order valence-electron chi connectivity index (χ3n) is 3.17. The summed E-state index contributed by atoms with van der Waals surface area (Å²) in [4.78, 5) is 22.6. The summed E-state index contributed by atoms with van der Waals surface area (Å²) in [6.45, 7) is 1.92. The number of hydrogen-bond acceptors (Lipinski definition) is 2. The van der Waals surface area contributed by atoms with Gasteiger partial charge in [-0.2, -0.15) is 0 Å². The van der Waals surface area contributed by atoms with E-state index >= 15 is 0 Å². The highest BCUT2D eigenvalue weighted by Gasteiger charge is 2.20. The molecular formula is C12H15NO2. The van der Waals surface area contributed by atoms with Gasteiger partial charge in [-0.15, -0.1) is 0 Å². The van der Waals surface area contributed by atoms with E-state index in [1.807, 2.05) is 13.0 Å². The molecule has 0 aliphatic heterocycles. The minimum Gasteiger partial charge on any atom is -0.309 e. The maximum Gasteiger partial charge on any atom is 0.261 e. The molecule has 1 fully saturated rings. The molecule has 1 aliphatic carbocycles. The standard InChI is InChI=1S/C12H15NO2/c1-9-6-7-10(8-14)12(15)13(9)11-4-2-3-5-11/h6-8,11H,2-5H2,1H3. The Morgan fingerprint density at radius 1 is 1.33 bits per heavy atom. The van der Waals surface area contributed by atoms with Gasteiger partial charge in [-0.1, -0.05) is 12.8 Å². The van der Waals surface area contributed by atoms with Crippen LogP contribution >= 0.6 is 0 Å². The fourth-order valence-corrected chi connectivity index (χ4v) is 2.37. The number of hydrogen-bond donors (Lipinski definition) is 0. The van der Waals surface area contributed by atoms with Crippen molar-refractivity contribution < 1.29 is 4.79 Å². The lowest BCUT2D eigenvalue weighted by atomic mass is 10.2. The van der Waals surface area contributed by atoms with Gasteiger partial charge in [-0.05, 0) is 31.9 Å². The molecule has 0 unspecified atom stereocenters. The molecule has 1 aliphatic rings. The highest BCUT2D eigenvalue weighted by atomic mass is 16.1. The van der Waals surface area contributed by atoms with Crippen molar-refractivity contribution in [1.29, 1.82) is 0 Å². The van der Waals surface area contributed by atoms with Crippen LogP contribution in [0.15, 0.2) is 16.9 Å². The number of rotatable bonds is 2. The van der Waals surface area contributed by atoms with Crippen molar-refractivity contribution in [2.45, 2.75) is 38.6 Å². The number of carbonyl (C=O) groups excluding carboxylic acids is 1. The molecule has 0 atom stereocenters. The van der Waals surface area contributed by atoms with E-state index < -0.39 is 0 Å². The molecule has 0 bridgehead atoms. The molecule has 0 amide bonds. The van der Waals surface area contributed by atoms with Gasteiger partial charge in [-0.3, -0.25) is 9.59 Å². The van der Waals surface area contributed by atoms with Gasteiger partial charge in [-0.25, -0.2) is 0 Å². The van der Waals surface area contributed by atoms with Crippen LogP contribution in [0.2, 0.25) is 0 Å². The van der Waals surface area contributed by atoms with E-state index in [1.165, 1.54) is 12.8 Å². The van der Waals surface area contributed by atoms with Gasteiger partial charge >= 0.3 is 0 Å². The summed E-state index contributed by atoms with van der Waals surface area (Å²) >= 11 is 0. The zero-order chi connectivity index (χ0) is 10.8. The summed E-state index contributed by atoms with van der Waals surface area (Å²) < 4.78 is 1.79. The number of nitrogens with zero attached hydrogens (tertiary/aromatic N) is 1. The lowest BCUT2D eigenvalue weighted by Gasteiger charge is -2.16. The van der Waals surface area contributed by atoms with Crippen LogP contribution in [0.25, 0.3) is 0 Å². The fraction of sp³-hybridized carbons (Fsp3) is 0.500. The normalized spacial score (nSPS) is 16.9. The van der Waals surface area contributed by atoms with Gasteiger partial charge in [0.05, 0.1) is 5.56 Å². The number of carbonyl (C=O) groups is 1. The van der Waals surface area contributed by atoms with Gasteiger partial charge < -0.3 is 4.57 Å². The third kappa shape index (κ3) is 1.74. The molecule has 1 saturated carbocycles. The van der Waals surface area contributed by atoms with E-state index in [9.17, 15) is 9.59 Å². The molecule has 1 aromatic rings. The minimum atomic E-state index is -0.128. The van der Waals surface area contributed by atoms with Crippen molar-refractivity contribution >= 4 is 6.29 Å². The van der Waals surface area contributed by atoms with Crippen molar-refractivity contribution in [1.82, 2.24) is 4.57 Å². The average molecular weight is 205 g/mol. The van der Waals surface area contributed by atoms with E-state index in [-0.39, 0.29) is 11.1 Å². The van der Waals surface area contributed by atoms with Gasteiger partial charge in [0.1, 0.15) is 0 Å². The van der Waals surface area contributed by atoms with Crippen LogP contribution in [0.1, 0.15) is 47.8 Å². The second-order valence-corrected chi connectivity index (χ2v) is 4.16. The number of pyridine rings is 1. The quantitative estimate of drug-likeness (QED) is 0.693. The van der Waals surface area contributed by atoms with Crippen LogP contribution in [0.3, 0.4) is 0 Å². The molecule has 1 heterocycles. The zero-order valence-corrected chi connectivity index (χ0v) is 8.90. The van der Waals surface area contributed by atoms with Gasteiger partial charge in [0.25, 0.3) is 5.56 Å². The van der Waals surface area contributed by atoms with Crippen LogP contribution in [-0.4, -0.2) is 10.9 Å². The molecule has 0 spiro atoms. The lowest BCUT2D eigenvalue weighted by molar-refractivity contribution is 0.112. The van der Waals surface area contributed by atoms with E-state index in [0.29, 0.717) is 12.3 Å². The Bertz CT molecular complexity index is 428. The second-order valence-electron chi connectivity index (χ2n) is 4.16. The smallest absolute Gasteiger partial charge is 0.261 e. The number of aromatic nitrogens is 1. The lowest BCUT2D eigenvalue weighted by Crippen LogP contribution is -2.27. The van der Waals surface area contributed by atoms with Crippen molar-refractivity contribution in [3.05, 3.63) is 33.7 Å². The van der Waals surface area contributed by atoms with Gasteiger partial charge in [0.2, 0.25) is 0 Å².